The SMILES string of the molecule is CO/C=C/C#CC1(O)CCN(C)CC1. The van der Waals surface area contributed by atoms with Gasteiger partial charge in [0.25, 0.3) is 0 Å². The van der Waals surface area contributed by atoms with Crippen molar-refractivity contribution in [2.24, 2.45) is 0 Å². The molecule has 0 atom stereocenters. The highest BCUT2D eigenvalue weighted by molar-refractivity contribution is 5.22. The second-order valence-electron chi connectivity index (χ2n) is 3.64. The van der Waals surface area contributed by atoms with E-state index in [1.54, 1.807) is 13.2 Å². The molecule has 1 aliphatic rings. The summed E-state index contributed by atoms with van der Waals surface area (Å²) < 4.78 is 4.71. The van der Waals surface area contributed by atoms with Gasteiger partial charge in [0.05, 0.1) is 13.4 Å². The van der Waals surface area contributed by atoms with Crippen molar-refractivity contribution < 1.29 is 9.84 Å². The van der Waals surface area contributed by atoms with E-state index in [1.165, 1.54) is 6.26 Å². The average Bonchev–Trinajstić information content (AvgIpc) is 2.18. The van der Waals surface area contributed by atoms with E-state index in [-0.39, 0.29) is 0 Å². The van der Waals surface area contributed by atoms with Gasteiger partial charge in [0.15, 0.2) is 0 Å². The number of hydrogen-bond donors (Lipinski definition) is 1. The molecule has 0 bridgehead atoms. The first-order valence-corrected chi connectivity index (χ1v) is 4.78. The van der Waals surface area contributed by atoms with E-state index in [0.717, 1.165) is 25.9 Å². The van der Waals surface area contributed by atoms with Crippen molar-refractivity contribution >= 4 is 0 Å². The van der Waals surface area contributed by atoms with Crippen LogP contribution >= 0.6 is 0 Å². The maximum atomic E-state index is 10.0. The molecule has 1 heterocycles. The van der Waals surface area contributed by atoms with Crippen LogP contribution in [-0.4, -0.2) is 42.9 Å². The summed E-state index contributed by atoms with van der Waals surface area (Å²) in [5, 5.41) is 10.0. The number of rotatable bonds is 1. The van der Waals surface area contributed by atoms with Crippen molar-refractivity contribution in [3.8, 4) is 11.8 Å². The Balaban J connectivity index is 2.48. The molecule has 0 aliphatic carbocycles. The van der Waals surface area contributed by atoms with Crippen molar-refractivity contribution in [3.05, 3.63) is 12.3 Å². The largest absolute Gasteiger partial charge is 0.504 e. The Morgan fingerprint density at radius 2 is 2.07 bits per heavy atom. The average molecular weight is 195 g/mol. The molecule has 1 rings (SSSR count). The Morgan fingerprint density at radius 1 is 1.43 bits per heavy atom. The smallest absolute Gasteiger partial charge is 0.128 e. The summed E-state index contributed by atoms with van der Waals surface area (Å²) in [7, 11) is 3.63. The fourth-order valence-corrected chi connectivity index (χ4v) is 1.39. The van der Waals surface area contributed by atoms with E-state index >= 15 is 0 Å². The molecular weight excluding hydrogens is 178 g/mol. The monoisotopic (exact) mass is 195 g/mol. The lowest BCUT2D eigenvalue weighted by Gasteiger charge is -2.32. The predicted octanol–water partition coefficient (Wildman–Crippen LogP) is 0.607. The molecule has 3 heteroatoms. The Morgan fingerprint density at radius 3 is 2.64 bits per heavy atom. The summed E-state index contributed by atoms with van der Waals surface area (Å²) in [5.74, 6) is 5.65. The van der Waals surface area contributed by atoms with E-state index in [1.807, 2.05) is 0 Å². The Kier molecular flexibility index (Phi) is 3.99. The van der Waals surface area contributed by atoms with Crippen molar-refractivity contribution in [2.45, 2.75) is 18.4 Å². The molecular formula is C11H17NO2. The summed E-state index contributed by atoms with van der Waals surface area (Å²) >= 11 is 0. The predicted molar refractivity (Wildman–Crippen MR) is 55.6 cm³/mol. The van der Waals surface area contributed by atoms with Crippen LogP contribution in [0.2, 0.25) is 0 Å². The molecule has 0 unspecified atom stereocenters. The highest BCUT2D eigenvalue weighted by atomic mass is 16.5. The fraction of sp³-hybridized carbons (Fsp3) is 0.636. The minimum atomic E-state index is -0.801. The van der Waals surface area contributed by atoms with E-state index in [4.69, 9.17) is 4.74 Å². The van der Waals surface area contributed by atoms with Gasteiger partial charge >= 0.3 is 0 Å². The highest BCUT2D eigenvalue weighted by Gasteiger charge is 2.28. The van der Waals surface area contributed by atoms with Crippen LogP contribution in [0.4, 0.5) is 0 Å². The van der Waals surface area contributed by atoms with Crippen molar-refractivity contribution in [1.29, 1.82) is 0 Å². The van der Waals surface area contributed by atoms with Crippen molar-refractivity contribution in [1.82, 2.24) is 4.90 Å². The van der Waals surface area contributed by atoms with Crippen molar-refractivity contribution in [3.63, 3.8) is 0 Å². The van der Waals surface area contributed by atoms with Gasteiger partial charge in [0.2, 0.25) is 0 Å². The van der Waals surface area contributed by atoms with Crippen LogP contribution in [0, 0.1) is 11.8 Å². The van der Waals surface area contributed by atoms with Gasteiger partial charge in [-0.2, -0.15) is 0 Å². The lowest BCUT2D eigenvalue weighted by atomic mass is 9.92. The third-order valence-electron chi connectivity index (χ3n) is 2.41. The second kappa shape index (κ2) is 5.04. The topological polar surface area (TPSA) is 32.7 Å². The summed E-state index contributed by atoms with van der Waals surface area (Å²) in [5.41, 5.74) is -0.801. The first kappa shape index (κ1) is 11.1. The number of ether oxygens (including phenoxy) is 1. The van der Waals surface area contributed by atoms with E-state index < -0.39 is 5.60 Å². The van der Waals surface area contributed by atoms with Gasteiger partial charge in [0.1, 0.15) is 5.60 Å². The van der Waals surface area contributed by atoms with E-state index in [9.17, 15) is 5.11 Å². The number of methoxy groups -OCH3 is 1. The molecule has 1 aliphatic heterocycles. The molecule has 1 saturated heterocycles. The van der Waals surface area contributed by atoms with Gasteiger partial charge in [-0.05, 0) is 7.05 Å². The zero-order valence-corrected chi connectivity index (χ0v) is 8.79. The first-order chi connectivity index (χ1) is 6.66. The Bertz CT molecular complexity index is 254. The van der Waals surface area contributed by atoms with Crippen LogP contribution in [0.5, 0.6) is 0 Å². The number of nitrogens with zero attached hydrogens (tertiary/aromatic N) is 1. The number of allylic oxidation sites excluding steroid dienone is 1. The van der Waals surface area contributed by atoms with Crippen LogP contribution in [0.15, 0.2) is 12.3 Å². The molecule has 0 spiro atoms. The molecule has 0 amide bonds. The van der Waals surface area contributed by atoms with E-state index in [0.29, 0.717) is 0 Å². The Labute approximate surface area is 85.4 Å². The van der Waals surface area contributed by atoms with Crippen LogP contribution < -0.4 is 0 Å². The molecule has 14 heavy (non-hydrogen) atoms. The van der Waals surface area contributed by atoms with Gasteiger partial charge in [0, 0.05) is 32.0 Å². The minimum Gasteiger partial charge on any atom is -0.504 e. The van der Waals surface area contributed by atoms with Crippen LogP contribution in [-0.2, 0) is 4.74 Å². The summed E-state index contributed by atoms with van der Waals surface area (Å²) in [4.78, 5) is 2.20. The fourth-order valence-electron chi connectivity index (χ4n) is 1.39. The van der Waals surface area contributed by atoms with Gasteiger partial charge in [-0.15, -0.1) is 0 Å². The van der Waals surface area contributed by atoms with Crippen LogP contribution in [0.1, 0.15) is 12.8 Å². The lowest BCUT2D eigenvalue weighted by Crippen LogP contribution is -2.41. The molecule has 0 aromatic rings. The molecule has 0 aromatic carbocycles. The van der Waals surface area contributed by atoms with Gasteiger partial charge in [-0.1, -0.05) is 11.8 Å². The zero-order chi connectivity index (χ0) is 10.4. The van der Waals surface area contributed by atoms with Gasteiger partial charge in [-0.25, -0.2) is 0 Å². The summed E-state index contributed by atoms with van der Waals surface area (Å²) in [6, 6.07) is 0. The second-order valence-corrected chi connectivity index (χ2v) is 3.64. The number of piperidine rings is 1. The quantitative estimate of drug-likeness (QED) is 0.491. The normalized spacial score (nSPS) is 21.6. The van der Waals surface area contributed by atoms with Crippen LogP contribution in [0.25, 0.3) is 0 Å². The zero-order valence-electron chi connectivity index (χ0n) is 8.79. The lowest BCUT2D eigenvalue weighted by molar-refractivity contribution is 0.0350. The van der Waals surface area contributed by atoms with E-state index in [2.05, 4.69) is 23.8 Å². The summed E-state index contributed by atoms with van der Waals surface area (Å²) in [6.07, 6.45) is 4.55. The third kappa shape index (κ3) is 3.41. The van der Waals surface area contributed by atoms with Crippen molar-refractivity contribution in [2.75, 3.05) is 27.2 Å². The molecule has 0 radical (unpaired) electrons. The number of hydrogen-bond acceptors (Lipinski definition) is 3. The number of likely N-dealkylation sites (tertiary alicyclic amines) is 1. The molecule has 1 fully saturated rings. The molecule has 1 N–H and O–H groups in total. The first-order valence-electron chi connectivity index (χ1n) is 4.78. The molecule has 78 valence electrons. The Hall–Kier alpha value is -0.980. The maximum Gasteiger partial charge on any atom is 0.128 e. The number of aliphatic hydroxyl groups is 1. The van der Waals surface area contributed by atoms with Crippen LogP contribution in [0.3, 0.4) is 0 Å². The standard InChI is InChI=1S/C11H17NO2/c1-12-8-6-11(13,7-9-12)5-3-4-10-14-2/h4,10,13H,6-9H2,1-2H3/b10-4+. The maximum absolute atomic E-state index is 10.0. The van der Waals surface area contributed by atoms with Gasteiger partial charge < -0.3 is 14.7 Å². The molecule has 0 aromatic heterocycles. The van der Waals surface area contributed by atoms with Gasteiger partial charge in [-0.3, -0.25) is 0 Å². The molecule has 3 nitrogen and oxygen atoms in total. The summed E-state index contributed by atoms with van der Waals surface area (Å²) in [6.45, 7) is 1.80. The molecule has 0 saturated carbocycles. The third-order valence-corrected chi connectivity index (χ3v) is 2.41. The minimum absolute atomic E-state index is 0.720. The highest BCUT2D eigenvalue weighted by Crippen LogP contribution is 2.19.